The van der Waals surface area contributed by atoms with Crippen LogP contribution in [0.5, 0.6) is 0 Å². The Morgan fingerprint density at radius 3 is 1.38 bits per heavy atom. The van der Waals surface area contributed by atoms with E-state index in [1.54, 1.807) is 0 Å². The number of hydrogen-bond donors (Lipinski definition) is 2. The van der Waals surface area contributed by atoms with Crippen molar-refractivity contribution in [3.63, 3.8) is 0 Å². The van der Waals surface area contributed by atoms with Crippen LogP contribution in [-0.2, 0) is 9.47 Å². The maximum Gasteiger partial charge on any atom is 0.0704 e. The number of thiol groups is 2. The van der Waals surface area contributed by atoms with E-state index in [-0.39, 0.29) is 0 Å². The van der Waals surface area contributed by atoms with E-state index in [9.17, 15) is 0 Å². The molecule has 12 unspecified atom stereocenters. The second-order valence-corrected chi connectivity index (χ2v) is 12.0. The summed E-state index contributed by atoms with van der Waals surface area (Å²) in [5.74, 6) is 7.32. The first kappa shape index (κ1) is 17.5. The molecule has 0 aromatic heterocycles. The maximum absolute atomic E-state index is 6.36. The minimum atomic E-state index is 0.521. The van der Waals surface area contributed by atoms with E-state index in [1.807, 2.05) is 0 Å². The van der Waals surface area contributed by atoms with Crippen molar-refractivity contribution in [1.29, 1.82) is 0 Å². The zero-order valence-corrected chi connectivity index (χ0v) is 17.5. The smallest absolute Gasteiger partial charge is 0.0704 e. The first-order valence-corrected chi connectivity index (χ1v) is 12.3. The van der Waals surface area contributed by atoms with Crippen LogP contribution in [0.1, 0.15) is 51.4 Å². The van der Waals surface area contributed by atoms with Crippen LogP contribution in [0.4, 0.5) is 0 Å². The zero-order valence-electron chi connectivity index (χ0n) is 15.7. The Kier molecular flexibility index (Phi) is 4.42. The summed E-state index contributed by atoms with van der Waals surface area (Å²) in [7, 11) is 0. The summed E-state index contributed by atoms with van der Waals surface area (Å²) in [6.45, 7) is 1.62. The average Bonchev–Trinajstić information content (AvgIpc) is 3.38. The van der Waals surface area contributed by atoms with Crippen molar-refractivity contribution < 1.29 is 9.47 Å². The van der Waals surface area contributed by atoms with Crippen LogP contribution < -0.4 is 0 Å². The van der Waals surface area contributed by atoms with Crippen molar-refractivity contribution in [3.8, 4) is 0 Å². The summed E-state index contributed by atoms with van der Waals surface area (Å²) in [4.78, 5) is 0. The SMILES string of the molecule is SC1CC2C3CC(OCCOC4CC5CC4C4CC(S)CC54)C(C3)C2C1. The molecule has 0 aromatic rings. The minimum absolute atomic E-state index is 0.521. The standard InChI is InChI=1S/C22H34O2S2/c25-13-7-15-11-3-19(17(15)9-13)21(5-11)23-1-2-24-22-6-12-4-20(22)18-10-14(26)8-16(12)18/h11-22,25-26H,1-10H2. The lowest BCUT2D eigenvalue weighted by molar-refractivity contribution is -0.0682. The molecule has 6 saturated carbocycles. The van der Waals surface area contributed by atoms with Gasteiger partial charge >= 0.3 is 0 Å². The van der Waals surface area contributed by atoms with Crippen LogP contribution in [0.3, 0.4) is 0 Å². The molecule has 6 aliphatic rings. The molecule has 0 saturated heterocycles. The van der Waals surface area contributed by atoms with Gasteiger partial charge in [0.05, 0.1) is 25.4 Å². The maximum atomic E-state index is 6.36. The van der Waals surface area contributed by atoms with Gasteiger partial charge in [-0.25, -0.2) is 0 Å². The fourth-order valence-electron chi connectivity index (χ4n) is 8.74. The first-order chi connectivity index (χ1) is 12.7. The molecule has 6 rings (SSSR count). The Morgan fingerprint density at radius 2 is 0.923 bits per heavy atom. The summed E-state index contributed by atoms with van der Waals surface area (Å²) >= 11 is 9.52. The van der Waals surface area contributed by atoms with Crippen LogP contribution in [0.15, 0.2) is 0 Å². The lowest BCUT2D eigenvalue weighted by Crippen LogP contribution is -2.33. The van der Waals surface area contributed by atoms with Crippen molar-refractivity contribution >= 4 is 25.3 Å². The summed E-state index contributed by atoms with van der Waals surface area (Å²) in [5.41, 5.74) is 0. The lowest BCUT2D eigenvalue weighted by atomic mass is 9.80. The minimum Gasteiger partial charge on any atom is -0.376 e. The van der Waals surface area contributed by atoms with Gasteiger partial charge in [-0.3, -0.25) is 0 Å². The molecule has 0 amide bonds. The van der Waals surface area contributed by atoms with Gasteiger partial charge < -0.3 is 9.47 Å². The molecule has 146 valence electrons. The van der Waals surface area contributed by atoms with Gasteiger partial charge in [-0.2, -0.15) is 25.3 Å². The number of hydrogen-bond acceptors (Lipinski definition) is 4. The fourth-order valence-corrected chi connectivity index (χ4v) is 9.71. The van der Waals surface area contributed by atoms with E-state index >= 15 is 0 Å². The molecular formula is C22H34O2S2. The van der Waals surface area contributed by atoms with Crippen molar-refractivity contribution in [2.45, 2.75) is 74.1 Å². The molecule has 0 heterocycles. The predicted octanol–water partition coefficient (Wildman–Crippen LogP) is 4.49. The number of rotatable bonds is 5. The van der Waals surface area contributed by atoms with E-state index in [0.29, 0.717) is 22.7 Å². The second-order valence-electron chi connectivity index (χ2n) is 10.5. The number of fused-ring (bicyclic) bond motifs is 10. The highest BCUT2D eigenvalue weighted by Gasteiger charge is 2.57. The van der Waals surface area contributed by atoms with Crippen LogP contribution in [0, 0.1) is 47.3 Å². The van der Waals surface area contributed by atoms with Crippen LogP contribution >= 0.6 is 25.3 Å². The van der Waals surface area contributed by atoms with Crippen molar-refractivity contribution in [1.82, 2.24) is 0 Å². The first-order valence-electron chi connectivity index (χ1n) is 11.3. The van der Waals surface area contributed by atoms with E-state index in [4.69, 9.17) is 34.7 Å². The molecule has 4 bridgehead atoms. The lowest BCUT2D eigenvalue weighted by Gasteiger charge is -2.33. The highest BCUT2D eigenvalue weighted by molar-refractivity contribution is 7.81. The van der Waals surface area contributed by atoms with Crippen molar-refractivity contribution in [2.24, 2.45) is 47.3 Å². The van der Waals surface area contributed by atoms with Gasteiger partial charge in [0.15, 0.2) is 0 Å². The second kappa shape index (κ2) is 6.57. The Hall–Kier alpha value is 0.620. The monoisotopic (exact) mass is 394 g/mol. The molecule has 0 aliphatic heterocycles. The highest BCUT2D eigenvalue weighted by Crippen LogP contribution is 2.61. The molecule has 0 spiro atoms. The number of ether oxygens (including phenoxy) is 2. The molecule has 12 atom stereocenters. The molecule has 4 heteroatoms. The zero-order chi connectivity index (χ0) is 17.4. The molecule has 0 N–H and O–H groups in total. The summed E-state index contributed by atoms with van der Waals surface area (Å²) in [6, 6.07) is 0. The molecule has 6 fully saturated rings. The third kappa shape index (κ3) is 2.68. The highest BCUT2D eigenvalue weighted by atomic mass is 32.1. The van der Waals surface area contributed by atoms with Crippen molar-refractivity contribution in [3.05, 3.63) is 0 Å². The van der Waals surface area contributed by atoms with Crippen LogP contribution in [0.2, 0.25) is 0 Å². The fraction of sp³-hybridized carbons (Fsp3) is 1.00. The molecule has 6 aliphatic carbocycles. The molecular weight excluding hydrogens is 360 g/mol. The Labute approximate surface area is 169 Å². The molecule has 0 radical (unpaired) electrons. The molecule has 26 heavy (non-hydrogen) atoms. The topological polar surface area (TPSA) is 18.5 Å². The van der Waals surface area contributed by atoms with Crippen LogP contribution in [-0.4, -0.2) is 35.9 Å². The van der Waals surface area contributed by atoms with Crippen molar-refractivity contribution in [2.75, 3.05) is 13.2 Å². The van der Waals surface area contributed by atoms with Gasteiger partial charge in [0, 0.05) is 10.5 Å². The largest absolute Gasteiger partial charge is 0.376 e. The van der Waals surface area contributed by atoms with Gasteiger partial charge in [0.1, 0.15) is 0 Å². The van der Waals surface area contributed by atoms with Gasteiger partial charge in [-0.1, -0.05) is 0 Å². The predicted molar refractivity (Wildman–Crippen MR) is 110 cm³/mol. The van der Waals surface area contributed by atoms with E-state index in [2.05, 4.69) is 0 Å². The third-order valence-electron chi connectivity index (χ3n) is 9.51. The summed E-state index contributed by atoms with van der Waals surface area (Å²) < 4.78 is 12.7. The molecule has 0 aromatic carbocycles. The van der Waals surface area contributed by atoms with Gasteiger partial charge in [0.25, 0.3) is 0 Å². The Morgan fingerprint density at radius 1 is 0.500 bits per heavy atom. The van der Waals surface area contributed by atoms with E-state index in [1.165, 1.54) is 51.4 Å². The van der Waals surface area contributed by atoms with Crippen LogP contribution in [0.25, 0.3) is 0 Å². The Bertz CT molecular complexity index is 508. The molecule has 2 nitrogen and oxygen atoms in total. The van der Waals surface area contributed by atoms with E-state index < -0.39 is 0 Å². The average molecular weight is 395 g/mol. The van der Waals surface area contributed by atoms with Gasteiger partial charge in [-0.05, 0) is 98.7 Å². The van der Waals surface area contributed by atoms with Gasteiger partial charge in [0.2, 0.25) is 0 Å². The summed E-state index contributed by atoms with van der Waals surface area (Å²) in [5, 5.41) is 1.32. The van der Waals surface area contributed by atoms with Gasteiger partial charge in [-0.15, -0.1) is 0 Å². The Balaban J connectivity index is 0.972. The van der Waals surface area contributed by atoms with E-state index in [0.717, 1.165) is 60.6 Å². The quantitative estimate of drug-likeness (QED) is 0.529. The summed E-state index contributed by atoms with van der Waals surface area (Å²) in [6.07, 6.45) is 11.9. The third-order valence-corrected chi connectivity index (χ3v) is 10.4. The normalized spacial score (nSPS) is 59.3.